The van der Waals surface area contributed by atoms with Crippen LogP contribution in [0.5, 0.6) is 11.5 Å². The molecule has 0 fully saturated rings. The Morgan fingerprint density at radius 2 is 1.70 bits per heavy atom. The second-order valence-electron chi connectivity index (χ2n) is 9.91. The third-order valence-electron chi connectivity index (χ3n) is 6.52. The summed E-state index contributed by atoms with van der Waals surface area (Å²) in [6.45, 7) is 11.4. The Bertz CT molecular complexity index is 1340. The first-order valence-electron chi connectivity index (χ1n) is 10.8. The van der Waals surface area contributed by atoms with Crippen LogP contribution in [0.4, 0.5) is 0 Å². The number of para-hydroxylation sites is 1. The fourth-order valence-corrected chi connectivity index (χ4v) is 5.06. The second kappa shape index (κ2) is 5.78. The number of imidazole rings is 1. The number of benzene rings is 3. The van der Waals surface area contributed by atoms with Crippen LogP contribution in [0.1, 0.15) is 51.9 Å². The van der Waals surface area contributed by atoms with Gasteiger partial charge in [-0.05, 0) is 51.6 Å². The monoisotopic (exact) mass is 392 g/mol. The third kappa shape index (κ3) is 2.25. The molecule has 0 spiro atoms. The minimum atomic E-state index is 0.0525. The first-order chi connectivity index (χ1) is 14.3. The van der Waals surface area contributed by atoms with Gasteiger partial charge in [0, 0.05) is 11.6 Å². The molecule has 2 aliphatic heterocycles. The van der Waals surface area contributed by atoms with Crippen molar-refractivity contribution in [2.75, 3.05) is 0 Å². The number of hydrogen-bond donors (Lipinski definition) is 0. The molecule has 148 valence electrons. The molecule has 0 saturated carbocycles. The van der Waals surface area contributed by atoms with Crippen LogP contribution in [0.25, 0.3) is 16.7 Å². The summed E-state index contributed by atoms with van der Waals surface area (Å²) in [5.41, 5.74) is 8.77. The zero-order valence-corrected chi connectivity index (χ0v) is 18.2. The van der Waals surface area contributed by atoms with Gasteiger partial charge in [0.1, 0.15) is 17.3 Å². The molecule has 30 heavy (non-hydrogen) atoms. The van der Waals surface area contributed by atoms with E-state index in [1.54, 1.807) is 0 Å². The van der Waals surface area contributed by atoms with Crippen LogP contribution in [0.15, 0.2) is 54.6 Å². The molecular formula is C26H25BN2O. The van der Waals surface area contributed by atoms with Crippen molar-refractivity contribution >= 4 is 34.1 Å². The molecule has 0 bridgehead atoms. The number of nitrogens with zero attached hydrogens (tertiary/aromatic N) is 2. The predicted octanol–water partition coefficient (Wildman–Crippen LogP) is 4.38. The zero-order valence-electron chi connectivity index (χ0n) is 18.2. The quantitative estimate of drug-likeness (QED) is 0.389. The van der Waals surface area contributed by atoms with Gasteiger partial charge in [0.15, 0.2) is 0 Å². The van der Waals surface area contributed by atoms with E-state index in [1.807, 2.05) is 0 Å². The summed E-state index contributed by atoms with van der Waals surface area (Å²) in [4.78, 5) is 5.15. The molecule has 6 rings (SSSR count). The number of aromatic nitrogens is 2. The number of fused-ring (bicyclic) bond motifs is 4. The van der Waals surface area contributed by atoms with Gasteiger partial charge in [-0.2, -0.15) is 0 Å². The van der Waals surface area contributed by atoms with Crippen LogP contribution in [-0.4, -0.2) is 16.3 Å². The van der Waals surface area contributed by atoms with Crippen molar-refractivity contribution in [2.45, 2.75) is 46.0 Å². The first-order valence-corrected chi connectivity index (χ1v) is 10.8. The van der Waals surface area contributed by atoms with Crippen molar-refractivity contribution in [3.63, 3.8) is 0 Å². The Morgan fingerprint density at radius 3 is 2.47 bits per heavy atom. The van der Waals surface area contributed by atoms with Crippen LogP contribution in [0.3, 0.4) is 0 Å². The normalized spacial score (nSPS) is 14.0. The molecule has 3 nitrogen and oxygen atoms in total. The summed E-state index contributed by atoms with van der Waals surface area (Å²) in [6, 6.07) is 19.6. The summed E-state index contributed by atoms with van der Waals surface area (Å²) >= 11 is 0. The van der Waals surface area contributed by atoms with E-state index in [0.717, 1.165) is 22.8 Å². The molecule has 0 atom stereocenters. The lowest BCUT2D eigenvalue weighted by atomic mass is 9.34. The van der Waals surface area contributed by atoms with Gasteiger partial charge in [0.05, 0.1) is 11.0 Å². The van der Waals surface area contributed by atoms with Gasteiger partial charge in [-0.1, -0.05) is 65.0 Å². The van der Waals surface area contributed by atoms with E-state index in [1.165, 1.54) is 33.2 Å². The molecule has 0 N–H and O–H groups in total. The molecule has 0 amide bonds. The maximum absolute atomic E-state index is 6.38. The Kier molecular flexibility index (Phi) is 3.43. The molecular weight excluding hydrogens is 367 g/mol. The van der Waals surface area contributed by atoms with Crippen molar-refractivity contribution in [3.05, 3.63) is 66.0 Å². The summed E-state index contributed by atoms with van der Waals surface area (Å²) in [6.07, 6.45) is 0. The Hall–Kier alpha value is -3.01. The molecule has 1 aromatic heterocycles. The van der Waals surface area contributed by atoms with Crippen molar-refractivity contribution in [2.24, 2.45) is 0 Å². The molecule has 0 aliphatic carbocycles. The van der Waals surface area contributed by atoms with E-state index in [4.69, 9.17) is 9.72 Å². The summed E-state index contributed by atoms with van der Waals surface area (Å²) < 4.78 is 8.76. The highest BCUT2D eigenvalue weighted by Crippen LogP contribution is 2.35. The van der Waals surface area contributed by atoms with Crippen LogP contribution < -0.4 is 21.1 Å². The second-order valence-corrected chi connectivity index (χ2v) is 9.91. The van der Waals surface area contributed by atoms with E-state index in [9.17, 15) is 0 Å². The van der Waals surface area contributed by atoms with E-state index in [-0.39, 0.29) is 12.1 Å². The molecule has 3 heterocycles. The van der Waals surface area contributed by atoms with Crippen molar-refractivity contribution in [1.29, 1.82) is 0 Å². The maximum Gasteiger partial charge on any atom is 0.256 e. The zero-order chi connectivity index (χ0) is 20.8. The lowest BCUT2D eigenvalue weighted by Crippen LogP contribution is -2.58. The van der Waals surface area contributed by atoms with E-state index >= 15 is 0 Å². The lowest BCUT2D eigenvalue weighted by molar-refractivity contribution is 0.487. The molecule has 0 radical (unpaired) electrons. The molecule has 4 aromatic rings. The SMILES string of the molecule is CC(C)c1nc2cc(C(C)(C)C)cc3c2n1-c1cccc2c1B3c1ccccc1O2. The highest BCUT2D eigenvalue weighted by atomic mass is 16.5. The predicted molar refractivity (Wildman–Crippen MR) is 125 cm³/mol. The van der Waals surface area contributed by atoms with Crippen LogP contribution >= 0.6 is 0 Å². The lowest BCUT2D eigenvalue weighted by Gasteiger charge is -2.34. The largest absolute Gasteiger partial charge is 0.458 e. The molecule has 2 aliphatic rings. The van der Waals surface area contributed by atoms with E-state index in [2.05, 4.69) is 93.8 Å². The van der Waals surface area contributed by atoms with Gasteiger partial charge in [-0.15, -0.1) is 0 Å². The van der Waals surface area contributed by atoms with Gasteiger partial charge in [0.25, 0.3) is 6.71 Å². The molecule has 0 unspecified atom stereocenters. The van der Waals surface area contributed by atoms with Gasteiger partial charge in [-0.3, -0.25) is 4.57 Å². The third-order valence-corrected chi connectivity index (χ3v) is 6.52. The summed E-state index contributed by atoms with van der Waals surface area (Å²) in [7, 11) is 0. The Labute approximate surface area is 177 Å². The average Bonchev–Trinajstić information content (AvgIpc) is 3.10. The van der Waals surface area contributed by atoms with Gasteiger partial charge in [-0.25, -0.2) is 4.98 Å². The minimum Gasteiger partial charge on any atom is -0.458 e. The van der Waals surface area contributed by atoms with E-state index in [0.29, 0.717) is 5.92 Å². The highest BCUT2D eigenvalue weighted by molar-refractivity contribution is 6.99. The smallest absolute Gasteiger partial charge is 0.256 e. The van der Waals surface area contributed by atoms with Gasteiger partial charge in [0.2, 0.25) is 0 Å². The first kappa shape index (κ1) is 17.8. The van der Waals surface area contributed by atoms with Crippen molar-refractivity contribution < 1.29 is 4.74 Å². The molecule has 3 aromatic carbocycles. The number of ether oxygens (including phenoxy) is 1. The standard InChI is InChI=1S/C26H25BN2O/c1-15(2)25-28-19-14-16(26(3,4)5)13-18-24(19)29(25)20-10-8-12-22-23(20)27(18)17-9-6-7-11-21(17)30-22/h6-15H,1-5H3. The Balaban J connectivity index is 1.81. The van der Waals surface area contributed by atoms with Crippen LogP contribution in [0.2, 0.25) is 0 Å². The fraction of sp³-hybridized carbons (Fsp3) is 0.269. The summed E-state index contributed by atoms with van der Waals surface area (Å²) in [5.74, 6) is 3.36. The average molecular weight is 392 g/mol. The topological polar surface area (TPSA) is 27.1 Å². The maximum atomic E-state index is 6.38. The minimum absolute atomic E-state index is 0.0525. The van der Waals surface area contributed by atoms with Crippen LogP contribution in [0, 0.1) is 0 Å². The number of hydrogen-bond acceptors (Lipinski definition) is 2. The van der Waals surface area contributed by atoms with Crippen molar-refractivity contribution in [3.8, 4) is 17.2 Å². The summed E-state index contributed by atoms with van der Waals surface area (Å²) in [5, 5.41) is 0. The fourth-order valence-electron chi connectivity index (χ4n) is 5.06. The van der Waals surface area contributed by atoms with E-state index < -0.39 is 0 Å². The molecule has 0 saturated heterocycles. The van der Waals surface area contributed by atoms with Gasteiger partial charge >= 0.3 is 0 Å². The Morgan fingerprint density at radius 1 is 0.933 bits per heavy atom. The highest BCUT2D eigenvalue weighted by Gasteiger charge is 2.41. The van der Waals surface area contributed by atoms with Crippen molar-refractivity contribution in [1.82, 2.24) is 9.55 Å². The van der Waals surface area contributed by atoms with Crippen LogP contribution in [-0.2, 0) is 5.41 Å². The van der Waals surface area contributed by atoms with Gasteiger partial charge < -0.3 is 4.74 Å². The number of rotatable bonds is 1. The molecule has 4 heteroatoms.